The maximum Gasteiger partial charge on any atom is 0.170 e. The summed E-state index contributed by atoms with van der Waals surface area (Å²) in [7, 11) is -2.81. The molecule has 1 fully saturated rings. The fourth-order valence-corrected chi connectivity index (χ4v) is 4.23. The summed E-state index contributed by atoms with van der Waals surface area (Å²) in [6.45, 7) is 2.63. The Kier molecular flexibility index (Phi) is 4.42. The summed E-state index contributed by atoms with van der Waals surface area (Å²) in [5.41, 5.74) is 2.10. The predicted octanol–water partition coefficient (Wildman–Crippen LogP) is 1.72. The van der Waals surface area contributed by atoms with Crippen molar-refractivity contribution < 1.29 is 8.42 Å². The summed E-state index contributed by atoms with van der Waals surface area (Å²) in [5, 5.41) is 6.72. The van der Waals surface area contributed by atoms with Crippen LogP contribution in [0.15, 0.2) is 24.3 Å². The van der Waals surface area contributed by atoms with Gasteiger partial charge in [0, 0.05) is 12.2 Å². The molecule has 0 saturated carbocycles. The van der Waals surface area contributed by atoms with Gasteiger partial charge in [-0.15, -0.1) is 0 Å². The minimum Gasteiger partial charge on any atom is -0.362 e. The molecule has 0 spiro atoms. The molecule has 0 aliphatic carbocycles. The molecule has 2 N–H and O–H groups in total. The Labute approximate surface area is 119 Å². The lowest BCUT2D eigenvalue weighted by Gasteiger charge is -2.13. The van der Waals surface area contributed by atoms with Crippen molar-refractivity contribution in [2.75, 3.05) is 23.4 Å². The average Bonchev–Trinajstić information content (AvgIpc) is 2.66. The van der Waals surface area contributed by atoms with E-state index < -0.39 is 9.84 Å². The molecular weight excluding hydrogens is 280 g/mol. The molecule has 1 aliphatic heterocycles. The van der Waals surface area contributed by atoms with Gasteiger partial charge in [0.05, 0.1) is 11.5 Å². The minimum absolute atomic E-state index is 0.169. The van der Waals surface area contributed by atoms with Gasteiger partial charge in [-0.25, -0.2) is 8.42 Å². The van der Waals surface area contributed by atoms with Crippen molar-refractivity contribution in [3.63, 3.8) is 0 Å². The van der Waals surface area contributed by atoms with Gasteiger partial charge in [-0.2, -0.15) is 0 Å². The van der Waals surface area contributed by atoms with Crippen LogP contribution < -0.4 is 10.6 Å². The molecule has 1 aromatic rings. The third-order valence-electron chi connectivity index (χ3n) is 3.15. The Balaban J connectivity index is 1.79. The van der Waals surface area contributed by atoms with Gasteiger partial charge in [-0.05, 0) is 49.2 Å². The molecule has 1 unspecified atom stereocenters. The molecule has 104 valence electrons. The topological polar surface area (TPSA) is 58.2 Å². The van der Waals surface area contributed by atoms with Crippen LogP contribution in [-0.2, 0) is 9.84 Å². The molecule has 1 heterocycles. The molecule has 0 aromatic heterocycles. The highest BCUT2D eigenvalue weighted by atomic mass is 32.2. The van der Waals surface area contributed by atoms with Gasteiger partial charge in [0.25, 0.3) is 0 Å². The zero-order chi connectivity index (χ0) is 13.9. The highest BCUT2D eigenvalue weighted by Crippen LogP contribution is 2.17. The standard InChI is InChI=1S/C13H18N2O2S2/c1-10-3-2-4-12(7-10)15-13(18)14-8-11-5-6-19(16,17)9-11/h2-4,7,11H,5-6,8-9H2,1H3,(H2,14,15,18). The molecule has 1 atom stereocenters. The zero-order valence-corrected chi connectivity index (χ0v) is 12.5. The van der Waals surface area contributed by atoms with E-state index in [2.05, 4.69) is 10.6 Å². The SMILES string of the molecule is Cc1cccc(NC(=S)NCC2CCS(=O)(=O)C2)c1. The Hall–Kier alpha value is -1.14. The second-order valence-electron chi connectivity index (χ2n) is 4.97. The average molecular weight is 298 g/mol. The van der Waals surface area contributed by atoms with Crippen LogP contribution in [0.25, 0.3) is 0 Å². The number of benzene rings is 1. The van der Waals surface area contributed by atoms with Crippen LogP contribution in [0.3, 0.4) is 0 Å². The summed E-state index contributed by atoms with van der Waals surface area (Å²) < 4.78 is 22.7. The normalized spacial score (nSPS) is 21.0. The summed E-state index contributed by atoms with van der Waals surface area (Å²) >= 11 is 5.20. The van der Waals surface area contributed by atoms with Crippen molar-refractivity contribution in [3.8, 4) is 0 Å². The van der Waals surface area contributed by atoms with Crippen molar-refractivity contribution in [1.82, 2.24) is 5.32 Å². The number of aryl methyl sites for hydroxylation is 1. The Morgan fingerprint density at radius 3 is 2.89 bits per heavy atom. The lowest BCUT2D eigenvalue weighted by molar-refractivity contribution is 0.574. The molecule has 19 heavy (non-hydrogen) atoms. The Morgan fingerprint density at radius 2 is 2.26 bits per heavy atom. The Bertz CT molecular complexity index is 570. The third kappa shape index (κ3) is 4.47. The van der Waals surface area contributed by atoms with E-state index in [1.165, 1.54) is 0 Å². The monoisotopic (exact) mass is 298 g/mol. The van der Waals surface area contributed by atoms with Crippen LogP contribution in [0.2, 0.25) is 0 Å². The van der Waals surface area contributed by atoms with Gasteiger partial charge in [0.2, 0.25) is 0 Å². The molecule has 1 aromatic carbocycles. The maximum atomic E-state index is 11.3. The number of anilines is 1. The van der Waals surface area contributed by atoms with E-state index in [0.29, 0.717) is 17.4 Å². The van der Waals surface area contributed by atoms with Crippen molar-refractivity contribution >= 4 is 32.9 Å². The number of sulfone groups is 1. The number of hydrogen-bond acceptors (Lipinski definition) is 3. The van der Waals surface area contributed by atoms with Crippen LogP contribution in [0.5, 0.6) is 0 Å². The molecule has 6 heteroatoms. The summed E-state index contributed by atoms with van der Waals surface area (Å²) in [6.07, 6.45) is 0.725. The van der Waals surface area contributed by atoms with Crippen LogP contribution >= 0.6 is 12.2 Å². The smallest absolute Gasteiger partial charge is 0.170 e. The van der Waals surface area contributed by atoms with Crippen LogP contribution in [0.4, 0.5) is 5.69 Å². The first-order chi connectivity index (χ1) is 8.94. The van der Waals surface area contributed by atoms with Crippen LogP contribution in [0.1, 0.15) is 12.0 Å². The second-order valence-corrected chi connectivity index (χ2v) is 7.61. The fraction of sp³-hybridized carbons (Fsp3) is 0.462. The first-order valence-electron chi connectivity index (χ1n) is 6.26. The van der Waals surface area contributed by atoms with Gasteiger partial charge in [0.1, 0.15) is 0 Å². The van der Waals surface area contributed by atoms with Gasteiger partial charge in [-0.3, -0.25) is 0 Å². The fourth-order valence-electron chi connectivity index (χ4n) is 2.17. The number of thiocarbonyl (C=S) groups is 1. The molecule has 2 rings (SSSR count). The first kappa shape index (κ1) is 14.3. The predicted molar refractivity (Wildman–Crippen MR) is 82.2 cm³/mol. The van der Waals surface area contributed by atoms with Crippen LogP contribution in [-0.4, -0.2) is 31.6 Å². The lowest BCUT2D eigenvalue weighted by atomic mass is 10.1. The Morgan fingerprint density at radius 1 is 1.47 bits per heavy atom. The summed E-state index contributed by atoms with van der Waals surface area (Å²) in [6, 6.07) is 7.93. The van der Waals surface area contributed by atoms with Crippen molar-refractivity contribution in [1.29, 1.82) is 0 Å². The highest BCUT2D eigenvalue weighted by molar-refractivity contribution is 7.91. The molecule has 1 aliphatic rings. The van der Waals surface area contributed by atoms with Gasteiger partial charge in [-0.1, -0.05) is 12.1 Å². The molecule has 0 amide bonds. The van der Waals surface area contributed by atoms with E-state index in [0.717, 1.165) is 17.7 Å². The zero-order valence-electron chi connectivity index (χ0n) is 10.8. The largest absolute Gasteiger partial charge is 0.362 e. The quantitative estimate of drug-likeness (QED) is 0.832. The van der Waals surface area contributed by atoms with E-state index in [1.54, 1.807) is 0 Å². The van der Waals surface area contributed by atoms with E-state index in [-0.39, 0.29) is 11.7 Å². The van der Waals surface area contributed by atoms with Crippen molar-refractivity contribution in [2.45, 2.75) is 13.3 Å². The van der Waals surface area contributed by atoms with E-state index in [1.807, 2.05) is 31.2 Å². The summed E-state index contributed by atoms with van der Waals surface area (Å²) in [4.78, 5) is 0. The molecule has 1 saturated heterocycles. The molecule has 0 radical (unpaired) electrons. The number of nitrogens with one attached hydrogen (secondary N) is 2. The van der Waals surface area contributed by atoms with Gasteiger partial charge >= 0.3 is 0 Å². The second kappa shape index (κ2) is 5.88. The molecule has 4 nitrogen and oxygen atoms in total. The van der Waals surface area contributed by atoms with Gasteiger partial charge in [0.15, 0.2) is 14.9 Å². The number of rotatable bonds is 3. The van der Waals surface area contributed by atoms with Crippen molar-refractivity contribution in [2.24, 2.45) is 5.92 Å². The first-order valence-corrected chi connectivity index (χ1v) is 8.49. The van der Waals surface area contributed by atoms with E-state index >= 15 is 0 Å². The third-order valence-corrected chi connectivity index (χ3v) is 5.24. The minimum atomic E-state index is -2.81. The lowest BCUT2D eigenvalue weighted by Crippen LogP contribution is -2.33. The number of hydrogen-bond donors (Lipinski definition) is 2. The molecule has 0 bridgehead atoms. The van der Waals surface area contributed by atoms with Gasteiger partial charge < -0.3 is 10.6 Å². The van der Waals surface area contributed by atoms with E-state index in [9.17, 15) is 8.42 Å². The highest BCUT2D eigenvalue weighted by Gasteiger charge is 2.27. The maximum absolute atomic E-state index is 11.3. The van der Waals surface area contributed by atoms with Crippen molar-refractivity contribution in [3.05, 3.63) is 29.8 Å². The van der Waals surface area contributed by atoms with E-state index in [4.69, 9.17) is 12.2 Å². The summed E-state index contributed by atoms with van der Waals surface area (Å²) in [5.74, 6) is 0.743. The molecular formula is C13H18N2O2S2. The van der Waals surface area contributed by atoms with Crippen LogP contribution in [0, 0.1) is 12.8 Å².